The third kappa shape index (κ3) is 3.19. The van der Waals surface area contributed by atoms with Gasteiger partial charge in [-0.2, -0.15) is 5.10 Å². The maximum Gasteiger partial charge on any atom is 0.240 e. The number of rotatable bonds is 4. The third-order valence-electron chi connectivity index (χ3n) is 7.02. The van der Waals surface area contributed by atoms with Gasteiger partial charge in [-0.05, 0) is 59.7 Å². The fourth-order valence-electron chi connectivity index (χ4n) is 5.44. The molecule has 3 aliphatic heterocycles. The molecule has 2 amide bonds. The van der Waals surface area contributed by atoms with Gasteiger partial charge in [0.1, 0.15) is 11.8 Å². The molecule has 35 heavy (non-hydrogen) atoms. The normalized spacial score (nSPS) is 24.3. The highest BCUT2D eigenvalue weighted by Gasteiger charge is 2.65. The second-order valence-electron chi connectivity index (χ2n) is 8.78. The van der Waals surface area contributed by atoms with E-state index in [9.17, 15) is 14.4 Å². The number of carbonyl (C=O) groups excluding carboxylic acids is 3. The summed E-state index contributed by atoms with van der Waals surface area (Å²) >= 11 is 6.02. The number of fused-ring (bicyclic) bond motifs is 5. The van der Waals surface area contributed by atoms with Gasteiger partial charge in [0.25, 0.3) is 0 Å². The van der Waals surface area contributed by atoms with Crippen molar-refractivity contribution in [3.05, 3.63) is 94.5 Å². The van der Waals surface area contributed by atoms with Crippen molar-refractivity contribution in [2.75, 3.05) is 12.0 Å². The molecule has 0 aliphatic carbocycles. The maximum atomic E-state index is 13.8. The molecule has 2 fully saturated rings. The first-order valence-electron chi connectivity index (χ1n) is 11.2. The molecule has 0 spiro atoms. The number of Topliss-reactive ketones (excluding diaryl/α,β-unsaturated/α-hetero) is 1. The zero-order valence-corrected chi connectivity index (χ0v) is 19.4. The minimum atomic E-state index is -0.920. The van der Waals surface area contributed by atoms with Crippen LogP contribution < -0.4 is 9.64 Å². The molecule has 0 N–H and O–H groups in total. The summed E-state index contributed by atoms with van der Waals surface area (Å²) in [6, 6.07) is 19.5. The molecule has 0 bridgehead atoms. The van der Waals surface area contributed by atoms with Crippen LogP contribution in [-0.4, -0.2) is 42.0 Å². The van der Waals surface area contributed by atoms with Gasteiger partial charge in [0.15, 0.2) is 5.78 Å². The van der Waals surface area contributed by atoms with Crippen LogP contribution in [0.25, 0.3) is 0 Å². The van der Waals surface area contributed by atoms with E-state index in [2.05, 4.69) is 5.10 Å². The molecule has 0 unspecified atom stereocenters. The highest BCUT2D eigenvalue weighted by molar-refractivity contribution is 6.31. The fourth-order valence-corrected chi connectivity index (χ4v) is 5.57. The molecular weight excluding hydrogens is 466 g/mol. The lowest BCUT2D eigenvalue weighted by Crippen LogP contribution is -2.44. The summed E-state index contributed by atoms with van der Waals surface area (Å²) in [7, 11) is 1.55. The van der Waals surface area contributed by atoms with E-state index in [0.717, 1.165) is 11.1 Å². The smallest absolute Gasteiger partial charge is 0.240 e. The number of hydrogen-bond acceptors (Lipinski definition) is 6. The molecule has 4 atom stereocenters. The van der Waals surface area contributed by atoms with Crippen LogP contribution in [0.3, 0.4) is 0 Å². The van der Waals surface area contributed by atoms with Crippen LogP contribution in [0.5, 0.6) is 5.75 Å². The van der Waals surface area contributed by atoms with E-state index in [4.69, 9.17) is 16.3 Å². The summed E-state index contributed by atoms with van der Waals surface area (Å²) in [6.45, 7) is 0. The summed E-state index contributed by atoms with van der Waals surface area (Å²) < 4.78 is 5.21. The molecule has 3 aromatic carbocycles. The van der Waals surface area contributed by atoms with Crippen LogP contribution in [0.1, 0.15) is 27.5 Å². The Bertz CT molecular complexity index is 1390. The van der Waals surface area contributed by atoms with Crippen molar-refractivity contribution in [1.82, 2.24) is 5.01 Å². The quantitative estimate of drug-likeness (QED) is 0.410. The number of methoxy groups -OCH3 is 1. The standard InChI is InChI=1S/C27H20ClN3O4/c1-35-19-12-6-15(7-13-19)25(32)24-22-21(23-20-5-3-2-4-16(20)14-29-31(23)24)26(33)30(27(22)34)18-10-8-17(28)9-11-18/h2-14,21-24H,1H3/t21-,22+,23-,24-/m1/s1. The van der Waals surface area contributed by atoms with Gasteiger partial charge in [0, 0.05) is 10.6 Å². The minimum Gasteiger partial charge on any atom is -0.497 e. The number of nitrogens with zero attached hydrogens (tertiary/aromatic N) is 3. The molecule has 0 aromatic heterocycles. The molecule has 6 rings (SSSR count). The van der Waals surface area contributed by atoms with Gasteiger partial charge in [-0.1, -0.05) is 35.9 Å². The highest BCUT2D eigenvalue weighted by atomic mass is 35.5. The Morgan fingerprint density at radius 2 is 1.60 bits per heavy atom. The first-order chi connectivity index (χ1) is 17.0. The lowest BCUT2D eigenvalue weighted by Gasteiger charge is -2.33. The van der Waals surface area contributed by atoms with Gasteiger partial charge in [-0.15, -0.1) is 0 Å². The Hall–Kier alpha value is -3.97. The molecule has 3 aliphatic rings. The van der Waals surface area contributed by atoms with Crippen LogP contribution in [0.2, 0.25) is 5.02 Å². The van der Waals surface area contributed by atoms with Gasteiger partial charge >= 0.3 is 0 Å². The highest BCUT2D eigenvalue weighted by Crippen LogP contribution is 2.53. The van der Waals surface area contributed by atoms with Crippen molar-refractivity contribution < 1.29 is 19.1 Å². The molecule has 0 saturated carbocycles. The van der Waals surface area contributed by atoms with Crippen molar-refractivity contribution in [3.8, 4) is 5.75 Å². The van der Waals surface area contributed by atoms with E-state index < -0.39 is 29.8 Å². The van der Waals surface area contributed by atoms with Crippen LogP contribution in [0.15, 0.2) is 77.9 Å². The SMILES string of the molecule is COc1ccc(C(=O)[C@H]2[C@H]3C(=O)N(c4ccc(Cl)cc4)C(=O)[C@H]3[C@H]3c4ccccc4C=NN32)cc1. The molecule has 8 heteroatoms. The van der Waals surface area contributed by atoms with Crippen molar-refractivity contribution in [3.63, 3.8) is 0 Å². The van der Waals surface area contributed by atoms with Crippen molar-refractivity contribution in [2.24, 2.45) is 16.9 Å². The van der Waals surface area contributed by atoms with E-state index in [0.29, 0.717) is 22.0 Å². The Morgan fingerprint density at radius 3 is 2.31 bits per heavy atom. The van der Waals surface area contributed by atoms with E-state index in [1.54, 1.807) is 66.9 Å². The third-order valence-corrected chi connectivity index (χ3v) is 7.27. The number of ketones is 1. The first kappa shape index (κ1) is 21.6. The largest absolute Gasteiger partial charge is 0.497 e. The predicted octanol–water partition coefficient (Wildman–Crippen LogP) is 4.11. The molecule has 7 nitrogen and oxygen atoms in total. The average Bonchev–Trinajstić information content (AvgIpc) is 3.37. The van der Waals surface area contributed by atoms with Crippen molar-refractivity contribution >= 4 is 41.1 Å². The lowest BCUT2D eigenvalue weighted by molar-refractivity contribution is -0.124. The molecule has 0 radical (unpaired) electrons. The molecule has 174 valence electrons. The maximum absolute atomic E-state index is 13.8. The number of ether oxygens (including phenoxy) is 1. The van der Waals surface area contributed by atoms with Crippen LogP contribution in [0, 0.1) is 11.8 Å². The van der Waals surface area contributed by atoms with E-state index in [1.807, 2.05) is 24.3 Å². The predicted molar refractivity (Wildman–Crippen MR) is 131 cm³/mol. The van der Waals surface area contributed by atoms with E-state index >= 15 is 0 Å². The number of carbonyl (C=O) groups is 3. The van der Waals surface area contributed by atoms with Crippen molar-refractivity contribution in [1.29, 1.82) is 0 Å². The van der Waals surface area contributed by atoms with Gasteiger partial charge in [-0.3, -0.25) is 19.4 Å². The Kier molecular flexibility index (Phi) is 4.96. The summed E-state index contributed by atoms with van der Waals surface area (Å²) in [5, 5.41) is 6.73. The van der Waals surface area contributed by atoms with Gasteiger partial charge in [0.2, 0.25) is 11.8 Å². The Balaban J connectivity index is 1.47. The molecule has 3 heterocycles. The number of benzene rings is 3. The number of anilines is 1. The van der Waals surface area contributed by atoms with E-state index in [-0.39, 0.29) is 11.7 Å². The van der Waals surface area contributed by atoms with Gasteiger partial charge in [-0.25, -0.2) is 4.90 Å². The summed E-state index contributed by atoms with van der Waals surface area (Å²) in [5.41, 5.74) is 2.61. The van der Waals surface area contributed by atoms with Gasteiger partial charge < -0.3 is 4.74 Å². The lowest BCUT2D eigenvalue weighted by atomic mass is 9.83. The monoisotopic (exact) mass is 485 g/mol. The number of amides is 2. The molecule has 2 saturated heterocycles. The topological polar surface area (TPSA) is 79.3 Å². The first-order valence-corrected chi connectivity index (χ1v) is 11.6. The van der Waals surface area contributed by atoms with Crippen LogP contribution in [0.4, 0.5) is 5.69 Å². The molecular formula is C27H20ClN3O4. The van der Waals surface area contributed by atoms with E-state index in [1.165, 1.54) is 4.90 Å². The zero-order chi connectivity index (χ0) is 24.3. The second kappa shape index (κ2) is 8.06. The number of hydrazone groups is 1. The number of hydrogen-bond donors (Lipinski definition) is 0. The van der Waals surface area contributed by atoms with Gasteiger partial charge in [0.05, 0.1) is 36.9 Å². The zero-order valence-electron chi connectivity index (χ0n) is 18.7. The summed E-state index contributed by atoms with van der Waals surface area (Å²) in [6.07, 6.45) is 1.69. The number of halogens is 1. The Morgan fingerprint density at radius 1 is 0.914 bits per heavy atom. The summed E-state index contributed by atoms with van der Waals surface area (Å²) in [5.74, 6) is -2.01. The van der Waals surface area contributed by atoms with Crippen LogP contribution in [-0.2, 0) is 9.59 Å². The molecule has 3 aromatic rings. The Labute approximate surface area is 206 Å². The minimum absolute atomic E-state index is 0.263. The second-order valence-corrected chi connectivity index (χ2v) is 9.21. The fraction of sp³-hybridized carbons (Fsp3) is 0.185. The summed E-state index contributed by atoms with van der Waals surface area (Å²) in [4.78, 5) is 42.6. The van der Waals surface area contributed by atoms with Crippen LogP contribution >= 0.6 is 11.6 Å². The average molecular weight is 486 g/mol. The van der Waals surface area contributed by atoms with Crippen molar-refractivity contribution in [2.45, 2.75) is 12.1 Å². The number of imide groups is 1.